The summed E-state index contributed by atoms with van der Waals surface area (Å²) in [5.74, 6) is -2.07. The van der Waals surface area contributed by atoms with Gasteiger partial charge in [-0.05, 0) is 6.42 Å². The molecule has 1 aromatic heterocycles. The molecule has 142 valence electrons. The highest BCUT2D eigenvalue weighted by Gasteiger charge is 2.22. The maximum atomic E-state index is 11.6. The van der Waals surface area contributed by atoms with Crippen molar-refractivity contribution in [3.05, 3.63) is 24.3 Å². The van der Waals surface area contributed by atoms with Gasteiger partial charge in [0.1, 0.15) is 0 Å². The summed E-state index contributed by atoms with van der Waals surface area (Å²) in [4.78, 5) is 40.0. The quantitative estimate of drug-likeness (QED) is 0.399. The number of imide groups is 1. The Labute approximate surface area is 149 Å². The molecule has 0 atom stereocenters. The van der Waals surface area contributed by atoms with E-state index in [1.54, 1.807) is 0 Å². The van der Waals surface area contributed by atoms with Gasteiger partial charge in [-0.2, -0.15) is 0 Å². The lowest BCUT2D eigenvalue weighted by molar-refractivity contribution is -0.146. The summed E-state index contributed by atoms with van der Waals surface area (Å²) in [6, 6.07) is 2.38. The van der Waals surface area contributed by atoms with Crippen LogP contribution < -0.4 is 4.84 Å². The molecule has 0 radical (unpaired) electrons. The van der Waals surface area contributed by atoms with Gasteiger partial charge in [0.2, 0.25) is 11.8 Å². The summed E-state index contributed by atoms with van der Waals surface area (Å²) in [5, 5.41) is 18.7. The van der Waals surface area contributed by atoms with Crippen LogP contribution >= 0.6 is 0 Å². The number of hydrogen-bond acceptors (Lipinski definition) is 8. The van der Waals surface area contributed by atoms with Crippen LogP contribution in [0.15, 0.2) is 24.3 Å². The molecule has 10 nitrogen and oxygen atoms in total. The standard InChI is InChI=1S/C16H20N2O8/c19-12-3-4-13(20)17(12)7-9-25-11-10-24-8-1-2-16(23)26-18-14(21)5-6-15(18)22/h3-6,21-22H,1-2,7-11H2. The molecular weight excluding hydrogens is 348 g/mol. The lowest BCUT2D eigenvalue weighted by atomic mass is 10.3. The van der Waals surface area contributed by atoms with Gasteiger partial charge >= 0.3 is 5.97 Å². The van der Waals surface area contributed by atoms with Crippen molar-refractivity contribution in [3.8, 4) is 11.8 Å². The third kappa shape index (κ3) is 5.60. The summed E-state index contributed by atoms with van der Waals surface area (Å²) in [5.41, 5.74) is 0. The third-order valence-corrected chi connectivity index (χ3v) is 3.39. The SMILES string of the molecule is O=C(CCCOCCOCCN1C(=O)C=CC1=O)On1c(O)ccc1O. The molecule has 1 aliphatic rings. The predicted octanol–water partition coefficient (Wildman–Crippen LogP) is -0.407. The maximum Gasteiger partial charge on any atom is 0.333 e. The van der Waals surface area contributed by atoms with Crippen LogP contribution in [-0.2, 0) is 23.9 Å². The second-order valence-electron chi connectivity index (χ2n) is 5.30. The zero-order valence-corrected chi connectivity index (χ0v) is 14.0. The smallest absolute Gasteiger partial charge is 0.333 e. The van der Waals surface area contributed by atoms with Crippen molar-refractivity contribution in [1.82, 2.24) is 9.63 Å². The van der Waals surface area contributed by atoms with Gasteiger partial charge in [0, 0.05) is 30.9 Å². The molecule has 0 saturated carbocycles. The molecule has 0 unspecified atom stereocenters. The van der Waals surface area contributed by atoms with Gasteiger partial charge in [-0.3, -0.25) is 14.5 Å². The summed E-state index contributed by atoms with van der Waals surface area (Å²) < 4.78 is 11.2. The van der Waals surface area contributed by atoms with E-state index < -0.39 is 5.97 Å². The minimum absolute atomic E-state index is 0.0457. The van der Waals surface area contributed by atoms with Crippen LogP contribution in [0.2, 0.25) is 0 Å². The molecule has 0 fully saturated rings. The number of rotatable bonds is 11. The molecular formula is C16H20N2O8. The first-order valence-corrected chi connectivity index (χ1v) is 7.99. The van der Waals surface area contributed by atoms with Crippen molar-refractivity contribution >= 4 is 17.8 Å². The molecule has 2 N–H and O–H groups in total. The Hall–Kier alpha value is -2.85. The first kappa shape index (κ1) is 19.5. The van der Waals surface area contributed by atoms with E-state index in [0.29, 0.717) is 31.0 Å². The second-order valence-corrected chi connectivity index (χ2v) is 5.30. The van der Waals surface area contributed by atoms with E-state index in [4.69, 9.17) is 14.3 Å². The van der Waals surface area contributed by atoms with Gasteiger partial charge < -0.3 is 24.5 Å². The highest BCUT2D eigenvalue weighted by atomic mass is 16.7. The van der Waals surface area contributed by atoms with E-state index in [1.165, 1.54) is 24.3 Å². The molecule has 10 heteroatoms. The van der Waals surface area contributed by atoms with Crippen molar-refractivity contribution in [2.45, 2.75) is 12.8 Å². The van der Waals surface area contributed by atoms with Crippen molar-refractivity contribution in [1.29, 1.82) is 0 Å². The lowest BCUT2D eigenvalue weighted by Crippen LogP contribution is -2.33. The van der Waals surface area contributed by atoms with Gasteiger partial charge in [0.25, 0.3) is 11.8 Å². The summed E-state index contributed by atoms with van der Waals surface area (Å²) in [6.07, 6.45) is 2.87. The molecule has 2 heterocycles. The van der Waals surface area contributed by atoms with Gasteiger partial charge in [-0.1, -0.05) is 0 Å². The summed E-state index contributed by atoms with van der Waals surface area (Å²) in [7, 11) is 0. The van der Waals surface area contributed by atoms with E-state index in [9.17, 15) is 24.6 Å². The molecule has 1 aliphatic heterocycles. The molecule has 1 aromatic rings. The van der Waals surface area contributed by atoms with Gasteiger partial charge in [0.15, 0.2) is 0 Å². The normalized spacial score (nSPS) is 13.6. The Balaban J connectivity index is 1.45. The molecule has 0 saturated heterocycles. The molecule has 0 aromatic carbocycles. The van der Waals surface area contributed by atoms with Crippen LogP contribution in [0.4, 0.5) is 0 Å². The highest BCUT2D eigenvalue weighted by molar-refractivity contribution is 6.12. The van der Waals surface area contributed by atoms with Crippen molar-refractivity contribution in [2.75, 3.05) is 33.0 Å². The van der Waals surface area contributed by atoms with E-state index in [1.807, 2.05) is 0 Å². The van der Waals surface area contributed by atoms with E-state index in [2.05, 4.69) is 0 Å². The fourth-order valence-electron chi connectivity index (χ4n) is 2.09. The Bertz CT molecular complexity index is 644. The van der Waals surface area contributed by atoms with Crippen LogP contribution in [-0.4, -0.2) is 70.6 Å². The van der Waals surface area contributed by atoms with Crippen molar-refractivity contribution < 1.29 is 38.9 Å². The Morgan fingerprint density at radius 3 is 2.12 bits per heavy atom. The zero-order chi connectivity index (χ0) is 18.9. The highest BCUT2D eigenvalue weighted by Crippen LogP contribution is 2.18. The Morgan fingerprint density at radius 2 is 1.50 bits per heavy atom. The third-order valence-electron chi connectivity index (χ3n) is 3.39. The summed E-state index contributed by atoms with van der Waals surface area (Å²) >= 11 is 0. The molecule has 0 aliphatic carbocycles. The number of amides is 2. The van der Waals surface area contributed by atoms with Crippen LogP contribution in [0.25, 0.3) is 0 Å². The van der Waals surface area contributed by atoms with E-state index in [-0.39, 0.29) is 43.1 Å². The van der Waals surface area contributed by atoms with Crippen LogP contribution in [0.3, 0.4) is 0 Å². The van der Waals surface area contributed by atoms with Crippen LogP contribution in [0.5, 0.6) is 11.8 Å². The van der Waals surface area contributed by atoms with Gasteiger partial charge in [-0.15, -0.1) is 4.73 Å². The number of carbonyl (C=O) groups excluding carboxylic acids is 3. The summed E-state index contributed by atoms with van der Waals surface area (Å²) in [6.45, 7) is 1.30. The number of carbonyl (C=O) groups is 3. The van der Waals surface area contributed by atoms with Crippen LogP contribution in [0.1, 0.15) is 12.8 Å². The average molecular weight is 368 g/mol. The zero-order valence-electron chi connectivity index (χ0n) is 14.0. The number of nitrogens with zero attached hydrogens (tertiary/aromatic N) is 2. The fraction of sp³-hybridized carbons (Fsp3) is 0.438. The second kappa shape index (κ2) is 9.59. The molecule has 2 amide bonds. The predicted molar refractivity (Wildman–Crippen MR) is 86.1 cm³/mol. The Morgan fingerprint density at radius 1 is 0.923 bits per heavy atom. The van der Waals surface area contributed by atoms with Crippen molar-refractivity contribution in [2.24, 2.45) is 0 Å². The molecule has 0 bridgehead atoms. The molecule has 0 spiro atoms. The van der Waals surface area contributed by atoms with E-state index >= 15 is 0 Å². The minimum atomic E-state index is -0.625. The maximum absolute atomic E-state index is 11.6. The topological polar surface area (TPSA) is 128 Å². The van der Waals surface area contributed by atoms with Gasteiger partial charge in [0.05, 0.1) is 32.8 Å². The monoisotopic (exact) mass is 368 g/mol. The molecule has 2 rings (SSSR count). The van der Waals surface area contributed by atoms with Crippen LogP contribution in [0, 0.1) is 0 Å². The fourth-order valence-corrected chi connectivity index (χ4v) is 2.09. The van der Waals surface area contributed by atoms with E-state index in [0.717, 1.165) is 4.90 Å². The average Bonchev–Trinajstić information content (AvgIpc) is 3.10. The first-order valence-electron chi connectivity index (χ1n) is 7.99. The molecule has 26 heavy (non-hydrogen) atoms. The Kier molecular flexibility index (Phi) is 7.18. The minimum Gasteiger partial charge on any atom is -0.492 e. The number of ether oxygens (including phenoxy) is 2. The lowest BCUT2D eigenvalue weighted by Gasteiger charge is -2.13. The number of hydrogen-bond donors (Lipinski definition) is 2. The number of aromatic hydroxyl groups is 2. The number of aromatic nitrogens is 1. The first-order chi connectivity index (χ1) is 12.5. The van der Waals surface area contributed by atoms with Crippen molar-refractivity contribution in [3.63, 3.8) is 0 Å². The largest absolute Gasteiger partial charge is 0.492 e. The van der Waals surface area contributed by atoms with Gasteiger partial charge in [-0.25, -0.2) is 4.79 Å².